The molecule has 0 atom stereocenters. The Bertz CT molecular complexity index is 850. The van der Waals surface area contributed by atoms with Gasteiger partial charge in [-0.05, 0) is 56.4 Å². The fraction of sp³-hybridized carbons (Fsp3) is 0.400. The van der Waals surface area contributed by atoms with Crippen LogP contribution in [0.15, 0.2) is 35.1 Å². The van der Waals surface area contributed by atoms with Crippen molar-refractivity contribution in [1.29, 1.82) is 0 Å². The van der Waals surface area contributed by atoms with E-state index < -0.39 is 0 Å². The number of H-pyrrole nitrogens is 1. The Hall–Kier alpha value is -2.56. The van der Waals surface area contributed by atoms with Crippen LogP contribution in [0.5, 0.6) is 0 Å². The van der Waals surface area contributed by atoms with E-state index in [0.717, 1.165) is 24.1 Å². The van der Waals surface area contributed by atoms with Crippen LogP contribution in [-0.2, 0) is 12.0 Å². The van der Waals surface area contributed by atoms with Gasteiger partial charge in [0.25, 0.3) is 5.56 Å². The summed E-state index contributed by atoms with van der Waals surface area (Å²) in [6.07, 6.45) is 2.18. The van der Waals surface area contributed by atoms with Crippen molar-refractivity contribution in [2.24, 2.45) is 0 Å². The van der Waals surface area contributed by atoms with E-state index in [9.17, 15) is 9.59 Å². The van der Waals surface area contributed by atoms with E-state index in [0.29, 0.717) is 12.1 Å². The second-order valence-corrected chi connectivity index (χ2v) is 7.07. The molecule has 0 unspecified atom stereocenters. The van der Waals surface area contributed by atoms with Gasteiger partial charge in [-0.3, -0.25) is 4.79 Å². The number of urea groups is 1. The summed E-state index contributed by atoms with van der Waals surface area (Å²) in [6.45, 7) is 6.69. The van der Waals surface area contributed by atoms with Gasteiger partial charge in [0.15, 0.2) is 0 Å². The molecule has 5 heteroatoms. The average Bonchev–Trinajstić information content (AvgIpc) is 3.33. The molecule has 1 fully saturated rings. The first kappa shape index (κ1) is 17.3. The number of nitrogens with one attached hydrogen (secondary N) is 3. The van der Waals surface area contributed by atoms with Gasteiger partial charge >= 0.3 is 6.03 Å². The fourth-order valence-electron chi connectivity index (χ4n) is 3.44. The van der Waals surface area contributed by atoms with E-state index >= 15 is 0 Å². The molecule has 3 rings (SSSR count). The predicted octanol–water partition coefficient (Wildman–Crippen LogP) is 2.83. The second kappa shape index (κ2) is 6.75. The number of hydrogen-bond donors (Lipinski definition) is 3. The van der Waals surface area contributed by atoms with Crippen LogP contribution in [-0.4, -0.2) is 17.6 Å². The molecule has 1 aromatic carbocycles. The van der Waals surface area contributed by atoms with E-state index in [4.69, 9.17) is 0 Å². The molecular formula is C20H25N3O2. The monoisotopic (exact) mass is 339 g/mol. The summed E-state index contributed by atoms with van der Waals surface area (Å²) in [5, 5.41) is 5.77. The molecule has 1 saturated carbocycles. The van der Waals surface area contributed by atoms with Crippen LogP contribution in [0.2, 0.25) is 0 Å². The van der Waals surface area contributed by atoms with Crippen molar-refractivity contribution in [2.45, 2.75) is 45.6 Å². The van der Waals surface area contributed by atoms with Crippen LogP contribution >= 0.6 is 0 Å². The van der Waals surface area contributed by atoms with Crippen LogP contribution < -0.4 is 16.2 Å². The van der Waals surface area contributed by atoms with Gasteiger partial charge in [-0.2, -0.15) is 0 Å². The molecule has 0 saturated heterocycles. The number of aryl methyl sites for hydroxylation is 3. The molecule has 0 bridgehead atoms. The Morgan fingerprint density at radius 2 is 1.84 bits per heavy atom. The Morgan fingerprint density at radius 3 is 2.48 bits per heavy atom. The lowest BCUT2D eigenvalue weighted by molar-refractivity contribution is 0.239. The van der Waals surface area contributed by atoms with E-state index in [1.165, 1.54) is 11.1 Å². The number of carbonyl (C=O) groups excluding carboxylic acids is 1. The second-order valence-electron chi connectivity index (χ2n) is 7.07. The van der Waals surface area contributed by atoms with Crippen LogP contribution in [0, 0.1) is 20.8 Å². The number of hydrogen-bond acceptors (Lipinski definition) is 2. The van der Waals surface area contributed by atoms with Crippen molar-refractivity contribution >= 4 is 6.03 Å². The third-order valence-corrected chi connectivity index (χ3v) is 5.08. The van der Waals surface area contributed by atoms with Gasteiger partial charge in [-0.1, -0.05) is 24.3 Å². The highest BCUT2D eigenvalue weighted by Crippen LogP contribution is 2.48. The molecule has 0 radical (unpaired) electrons. The first-order chi connectivity index (χ1) is 11.9. The van der Waals surface area contributed by atoms with Crippen LogP contribution in [0.1, 0.15) is 40.8 Å². The lowest BCUT2D eigenvalue weighted by Crippen LogP contribution is -2.40. The van der Waals surface area contributed by atoms with Gasteiger partial charge in [0.2, 0.25) is 0 Å². The number of rotatable bonds is 5. The molecule has 2 aromatic rings. The van der Waals surface area contributed by atoms with Gasteiger partial charge in [0.05, 0.1) is 6.54 Å². The summed E-state index contributed by atoms with van der Waals surface area (Å²) < 4.78 is 0. The summed E-state index contributed by atoms with van der Waals surface area (Å²) in [6, 6.07) is 10.0. The van der Waals surface area contributed by atoms with Crippen molar-refractivity contribution < 1.29 is 4.79 Å². The van der Waals surface area contributed by atoms with Crippen molar-refractivity contribution in [1.82, 2.24) is 15.6 Å². The summed E-state index contributed by atoms with van der Waals surface area (Å²) in [5.41, 5.74) is 4.83. The first-order valence-corrected chi connectivity index (χ1v) is 8.68. The lowest BCUT2D eigenvalue weighted by Gasteiger charge is -2.19. The summed E-state index contributed by atoms with van der Waals surface area (Å²) >= 11 is 0. The largest absolute Gasteiger partial charge is 0.337 e. The predicted molar refractivity (Wildman–Crippen MR) is 98.9 cm³/mol. The number of carbonyl (C=O) groups is 1. The minimum absolute atomic E-state index is 0.0694. The summed E-state index contributed by atoms with van der Waals surface area (Å²) in [5.74, 6) is 0. The maximum Gasteiger partial charge on any atom is 0.315 e. The number of pyridine rings is 1. The molecule has 0 spiro atoms. The fourth-order valence-corrected chi connectivity index (χ4v) is 3.44. The number of amides is 2. The quantitative estimate of drug-likeness (QED) is 0.784. The number of aromatic nitrogens is 1. The molecule has 1 aromatic heterocycles. The molecule has 25 heavy (non-hydrogen) atoms. The van der Waals surface area contributed by atoms with Crippen molar-refractivity contribution in [3.05, 3.63) is 68.6 Å². The molecule has 3 N–H and O–H groups in total. The maximum absolute atomic E-state index is 12.2. The molecule has 5 nitrogen and oxygen atoms in total. The molecule has 0 aliphatic heterocycles. The Morgan fingerprint density at radius 1 is 1.12 bits per heavy atom. The van der Waals surface area contributed by atoms with Gasteiger partial charge in [0.1, 0.15) is 0 Å². The van der Waals surface area contributed by atoms with Crippen LogP contribution in [0.3, 0.4) is 0 Å². The minimum atomic E-state index is -0.237. The Labute approximate surface area is 147 Å². The van der Waals surface area contributed by atoms with Crippen molar-refractivity contribution in [3.8, 4) is 0 Å². The highest BCUT2D eigenvalue weighted by atomic mass is 16.2. The van der Waals surface area contributed by atoms with Gasteiger partial charge in [0, 0.05) is 23.2 Å². The number of benzene rings is 1. The van der Waals surface area contributed by atoms with E-state index in [-0.39, 0.29) is 23.6 Å². The molecule has 1 aliphatic rings. The van der Waals surface area contributed by atoms with Crippen molar-refractivity contribution in [3.63, 3.8) is 0 Å². The topological polar surface area (TPSA) is 74.0 Å². The highest BCUT2D eigenvalue weighted by Gasteiger charge is 2.45. The zero-order chi connectivity index (χ0) is 18.0. The standard InChI is InChI=1S/C20H25N3O2/c1-13-6-4-5-7-17(13)20(8-9-20)12-22-19(25)21-11-16-14(2)10-15(3)23-18(16)24/h4-7,10H,8-9,11-12H2,1-3H3,(H,23,24)(H2,21,22,25). The highest BCUT2D eigenvalue weighted by molar-refractivity contribution is 5.74. The minimum Gasteiger partial charge on any atom is -0.337 e. The lowest BCUT2D eigenvalue weighted by atomic mass is 9.92. The van der Waals surface area contributed by atoms with E-state index in [2.05, 4.69) is 40.7 Å². The first-order valence-electron chi connectivity index (χ1n) is 8.68. The van der Waals surface area contributed by atoms with Gasteiger partial charge < -0.3 is 15.6 Å². The molecule has 1 heterocycles. The molecule has 1 aliphatic carbocycles. The zero-order valence-corrected chi connectivity index (χ0v) is 15.0. The third kappa shape index (κ3) is 3.76. The summed E-state index contributed by atoms with van der Waals surface area (Å²) in [4.78, 5) is 26.9. The smallest absolute Gasteiger partial charge is 0.315 e. The van der Waals surface area contributed by atoms with Gasteiger partial charge in [-0.25, -0.2) is 4.79 Å². The number of aromatic amines is 1. The Kier molecular flexibility index (Phi) is 4.66. The third-order valence-electron chi connectivity index (χ3n) is 5.08. The van der Waals surface area contributed by atoms with Crippen molar-refractivity contribution in [2.75, 3.05) is 6.54 Å². The molecule has 132 valence electrons. The maximum atomic E-state index is 12.2. The SMILES string of the molecule is Cc1cc(C)c(CNC(=O)NCC2(c3ccccc3C)CC2)c(=O)[nH]1. The van der Waals surface area contributed by atoms with Crippen LogP contribution in [0.25, 0.3) is 0 Å². The average molecular weight is 339 g/mol. The van der Waals surface area contributed by atoms with E-state index in [1.54, 1.807) is 0 Å². The summed E-state index contributed by atoms with van der Waals surface area (Å²) in [7, 11) is 0. The van der Waals surface area contributed by atoms with Crippen LogP contribution in [0.4, 0.5) is 4.79 Å². The van der Waals surface area contributed by atoms with Gasteiger partial charge in [-0.15, -0.1) is 0 Å². The molecule has 2 amide bonds. The Balaban J connectivity index is 1.58. The molecular weight excluding hydrogens is 314 g/mol. The van der Waals surface area contributed by atoms with E-state index in [1.807, 2.05) is 26.0 Å². The zero-order valence-electron chi connectivity index (χ0n) is 15.0. The normalized spacial score (nSPS) is 14.8.